The van der Waals surface area contributed by atoms with E-state index in [1.54, 1.807) is 4.90 Å². The Balaban J connectivity index is 1.98. The van der Waals surface area contributed by atoms with Crippen LogP contribution in [0.15, 0.2) is 24.3 Å². The summed E-state index contributed by atoms with van der Waals surface area (Å²) in [4.78, 5) is 13.7. The van der Waals surface area contributed by atoms with Gasteiger partial charge < -0.3 is 10.0 Å². The second-order valence-corrected chi connectivity index (χ2v) is 4.94. The van der Waals surface area contributed by atoms with E-state index in [-0.39, 0.29) is 18.4 Å². The second kappa shape index (κ2) is 6.40. The van der Waals surface area contributed by atoms with Crippen molar-refractivity contribution in [1.29, 1.82) is 0 Å². The molecule has 0 unspecified atom stereocenters. The van der Waals surface area contributed by atoms with Crippen LogP contribution in [0.3, 0.4) is 0 Å². The number of benzene rings is 1. The molecule has 1 N–H and O–H groups in total. The van der Waals surface area contributed by atoms with Crippen LogP contribution in [0.2, 0.25) is 0 Å². The van der Waals surface area contributed by atoms with Crippen molar-refractivity contribution in [3.8, 4) is 11.8 Å². The topological polar surface area (TPSA) is 40.5 Å². The molecule has 0 atom stereocenters. The van der Waals surface area contributed by atoms with Gasteiger partial charge in [-0.2, -0.15) is 0 Å². The van der Waals surface area contributed by atoms with E-state index in [1.165, 1.54) is 0 Å². The van der Waals surface area contributed by atoms with Gasteiger partial charge in [0, 0.05) is 31.5 Å². The molecule has 1 aromatic carbocycles. The molecule has 1 saturated carbocycles. The van der Waals surface area contributed by atoms with Crippen LogP contribution in [0, 0.1) is 17.8 Å². The second-order valence-electron chi connectivity index (χ2n) is 4.94. The molecule has 19 heavy (non-hydrogen) atoms. The summed E-state index contributed by atoms with van der Waals surface area (Å²) >= 11 is 0. The number of aliphatic hydroxyl groups is 1. The molecule has 0 radical (unpaired) electrons. The molecule has 1 amide bonds. The number of carbonyl (C=O) groups excluding carboxylic acids is 1. The van der Waals surface area contributed by atoms with Gasteiger partial charge in [0.15, 0.2) is 0 Å². The SMILES string of the molecule is CN(Cc1cccc(C#CCCO)c1)C(=O)C1CC1. The third kappa shape index (κ3) is 4.11. The highest BCUT2D eigenvalue weighted by atomic mass is 16.2. The van der Waals surface area contributed by atoms with Crippen LogP contribution in [-0.2, 0) is 11.3 Å². The Morgan fingerprint density at radius 2 is 2.26 bits per heavy atom. The minimum atomic E-state index is 0.0886. The minimum Gasteiger partial charge on any atom is -0.395 e. The average Bonchev–Trinajstić information content (AvgIpc) is 3.23. The number of nitrogens with zero attached hydrogens (tertiary/aromatic N) is 1. The van der Waals surface area contributed by atoms with Crippen LogP contribution in [0.4, 0.5) is 0 Å². The van der Waals surface area contributed by atoms with Gasteiger partial charge in [0.1, 0.15) is 0 Å². The molecule has 0 bridgehead atoms. The van der Waals surface area contributed by atoms with Crippen molar-refractivity contribution < 1.29 is 9.90 Å². The van der Waals surface area contributed by atoms with E-state index >= 15 is 0 Å². The molecular formula is C16H19NO2. The van der Waals surface area contributed by atoms with Gasteiger partial charge >= 0.3 is 0 Å². The summed E-state index contributed by atoms with van der Waals surface area (Å²) < 4.78 is 0. The summed E-state index contributed by atoms with van der Waals surface area (Å²) in [6.45, 7) is 0.718. The zero-order chi connectivity index (χ0) is 13.7. The lowest BCUT2D eigenvalue weighted by molar-refractivity contribution is -0.131. The van der Waals surface area contributed by atoms with Crippen molar-refractivity contribution in [2.75, 3.05) is 13.7 Å². The average molecular weight is 257 g/mol. The summed E-state index contributed by atoms with van der Waals surface area (Å²) in [5.74, 6) is 6.42. The molecule has 0 heterocycles. The lowest BCUT2D eigenvalue weighted by Gasteiger charge is -2.17. The fraction of sp³-hybridized carbons (Fsp3) is 0.438. The first-order chi connectivity index (χ1) is 9.20. The minimum absolute atomic E-state index is 0.0886. The monoisotopic (exact) mass is 257 g/mol. The van der Waals surface area contributed by atoms with E-state index < -0.39 is 0 Å². The van der Waals surface area contributed by atoms with E-state index in [0.717, 1.165) is 24.0 Å². The van der Waals surface area contributed by atoms with Crippen LogP contribution < -0.4 is 0 Å². The first-order valence-electron chi connectivity index (χ1n) is 6.64. The molecule has 0 spiro atoms. The lowest BCUT2D eigenvalue weighted by atomic mass is 10.1. The normalized spacial score (nSPS) is 13.6. The van der Waals surface area contributed by atoms with Crippen LogP contribution in [0.5, 0.6) is 0 Å². The van der Waals surface area contributed by atoms with Gasteiger partial charge in [-0.25, -0.2) is 0 Å². The van der Waals surface area contributed by atoms with Crippen molar-refractivity contribution in [1.82, 2.24) is 4.90 Å². The molecular weight excluding hydrogens is 238 g/mol. The van der Waals surface area contributed by atoms with Gasteiger partial charge in [-0.15, -0.1) is 0 Å². The summed E-state index contributed by atoms with van der Waals surface area (Å²) in [5, 5.41) is 8.69. The lowest BCUT2D eigenvalue weighted by Crippen LogP contribution is -2.27. The standard InChI is InChI=1S/C16H19NO2/c1-17(16(19)15-8-9-15)12-14-7-4-6-13(11-14)5-2-3-10-18/h4,6-7,11,15,18H,3,8-10,12H2,1H3. The quantitative estimate of drug-likeness (QED) is 0.835. The molecule has 0 saturated heterocycles. The zero-order valence-electron chi connectivity index (χ0n) is 11.2. The van der Waals surface area contributed by atoms with Crippen molar-refractivity contribution in [3.63, 3.8) is 0 Å². The highest BCUT2D eigenvalue weighted by molar-refractivity contribution is 5.80. The number of hydrogen-bond donors (Lipinski definition) is 1. The fourth-order valence-corrected chi connectivity index (χ4v) is 1.96. The number of rotatable bonds is 4. The predicted octanol–water partition coefficient (Wildman–Crippen LogP) is 1.79. The van der Waals surface area contributed by atoms with Gasteiger partial charge in [-0.3, -0.25) is 4.79 Å². The van der Waals surface area contributed by atoms with Gasteiger partial charge in [0.05, 0.1) is 6.61 Å². The Morgan fingerprint density at radius 1 is 1.47 bits per heavy atom. The number of hydrogen-bond acceptors (Lipinski definition) is 2. The van der Waals surface area contributed by atoms with Crippen LogP contribution >= 0.6 is 0 Å². The summed E-state index contributed by atoms with van der Waals surface area (Å²) in [6, 6.07) is 7.90. The summed E-state index contributed by atoms with van der Waals surface area (Å²) in [6.07, 6.45) is 2.57. The van der Waals surface area contributed by atoms with E-state index in [1.807, 2.05) is 31.3 Å². The van der Waals surface area contributed by atoms with Crippen LogP contribution in [0.25, 0.3) is 0 Å². The molecule has 100 valence electrons. The molecule has 1 fully saturated rings. The number of amides is 1. The largest absolute Gasteiger partial charge is 0.395 e. The maximum atomic E-state index is 11.9. The summed E-state index contributed by atoms with van der Waals surface area (Å²) in [5.41, 5.74) is 2.02. The smallest absolute Gasteiger partial charge is 0.225 e. The Bertz CT molecular complexity index is 509. The number of aliphatic hydroxyl groups excluding tert-OH is 1. The molecule has 3 nitrogen and oxygen atoms in total. The zero-order valence-corrected chi connectivity index (χ0v) is 11.2. The first-order valence-corrected chi connectivity index (χ1v) is 6.64. The van der Waals surface area contributed by atoms with Crippen molar-refractivity contribution in [2.45, 2.75) is 25.8 Å². The van der Waals surface area contributed by atoms with E-state index in [0.29, 0.717) is 13.0 Å². The molecule has 0 aromatic heterocycles. The number of carbonyl (C=O) groups is 1. The molecule has 1 aromatic rings. The molecule has 3 heteroatoms. The maximum absolute atomic E-state index is 11.9. The highest BCUT2D eigenvalue weighted by Crippen LogP contribution is 2.30. The van der Waals surface area contributed by atoms with Gasteiger partial charge in [0.25, 0.3) is 0 Å². The summed E-state index contributed by atoms with van der Waals surface area (Å²) in [7, 11) is 1.85. The third-order valence-electron chi connectivity index (χ3n) is 3.12. The fourth-order valence-electron chi connectivity index (χ4n) is 1.96. The van der Waals surface area contributed by atoms with Crippen molar-refractivity contribution in [3.05, 3.63) is 35.4 Å². The van der Waals surface area contributed by atoms with Crippen LogP contribution in [-0.4, -0.2) is 29.6 Å². The molecule has 2 rings (SSSR count). The maximum Gasteiger partial charge on any atom is 0.225 e. The molecule has 1 aliphatic carbocycles. The van der Waals surface area contributed by atoms with Gasteiger partial charge in [-0.1, -0.05) is 24.0 Å². The Kier molecular flexibility index (Phi) is 4.59. The van der Waals surface area contributed by atoms with E-state index in [4.69, 9.17) is 5.11 Å². The third-order valence-corrected chi connectivity index (χ3v) is 3.12. The predicted molar refractivity (Wildman–Crippen MR) is 74.2 cm³/mol. The Labute approximate surface area is 114 Å². The van der Waals surface area contributed by atoms with Gasteiger partial charge in [0.2, 0.25) is 5.91 Å². The van der Waals surface area contributed by atoms with Crippen molar-refractivity contribution >= 4 is 5.91 Å². The Morgan fingerprint density at radius 3 is 2.95 bits per heavy atom. The van der Waals surface area contributed by atoms with Crippen molar-refractivity contribution in [2.24, 2.45) is 5.92 Å². The highest BCUT2D eigenvalue weighted by Gasteiger charge is 2.31. The van der Waals surface area contributed by atoms with E-state index in [9.17, 15) is 4.79 Å². The molecule has 0 aliphatic heterocycles. The van der Waals surface area contributed by atoms with Crippen LogP contribution in [0.1, 0.15) is 30.4 Å². The Hall–Kier alpha value is -1.79. The molecule has 1 aliphatic rings. The van der Waals surface area contributed by atoms with E-state index in [2.05, 4.69) is 11.8 Å². The van der Waals surface area contributed by atoms with Gasteiger partial charge in [-0.05, 0) is 30.5 Å². The first kappa shape index (κ1) is 13.6.